The van der Waals surface area contributed by atoms with Crippen molar-refractivity contribution in [2.75, 3.05) is 19.5 Å². The summed E-state index contributed by atoms with van der Waals surface area (Å²) in [5.41, 5.74) is 2.28. The topological polar surface area (TPSA) is 56.3 Å². The van der Waals surface area contributed by atoms with Crippen LogP contribution in [-0.4, -0.2) is 24.2 Å². The second-order valence-electron chi connectivity index (χ2n) is 6.45. The zero-order valence-corrected chi connectivity index (χ0v) is 15.4. The Bertz CT molecular complexity index is 922. The Morgan fingerprint density at radius 1 is 1.20 bits per heavy atom. The summed E-state index contributed by atoms with van der Waals surface area (Å²) >= 11 is 1.80. The van der Waals surface area contributed by atoms with Crippen LogP contribution in [0.3, 0.4) is 0 Å². The van der Waals surface area contributed by atoms with Crippen LogP contribution in [0.4, 0.5) is 11.5 Å². The summed E-state index contributed by atoms with van der Waals surface area (Å²) in [6.45, 7) is 2.32. The zero-order chi connectivity index (χ0) is 17.4. The Hall–Kier alpha value is -2.34. The maximum absolute atomic E-state index is 5.50. The van der Waals surface area contributed by atoms with Crippen LogP contribution in [0.15, 0.2) is 24.5 Å². The second kappa shape index (κ2) is 6.52. The van der Waals surface area contributed by atoms with Gasteiger partial charge in [0.05, 0.1) is 25.3 Å². The minimum absolute atomic E-state index is 0.726. The van der Waals surface area contributed by atoms with Crippen LogP contribution >= 0.6 is 11.3 Å². The van der Waals surface area contributed by atoms with E-state index in [1.807, 2.05) is 18.2 Å². The molecule has 1 unspecified atom stereocenters. The summed E-state index contributed by atoms with van der Waals surface area (Å²) in [6.07, 6.45) is 5.09. The van der Waals surface area contributed by atoms with Gasteiger partial charge in [-0.1, -0.05) is 6.92 Å². The van der Waals surface area contributed by atoms with Gasteiger partial charge >= 0.3 is 0 Å². The lowest BCUT2D eigenvalue weighted by Crippen LogP contribution is -2.09. The molecule has 0 saturated heterocycles. The predicted molar refractivity (Wildman–Crippen MR) is 101 cm³/mol. The lowest BCUT2D eigenvalue weighted by atomic mass is 9.89. The van der Waals surface area contributed by atoms with Crippen molar-refractivity contribution in [3.8, 4) is 11.5 Å². The van der Waals surface area contributed by atoms with Gasteiger partial charge in [0.2, 0.25) is 0 Å². The van der Waals surface area contributed by atoms with Gasteiger partial charge in [-0.2, -0.15) is 0 Å². The van der Waals surface area contributed by atoms with Gasteiger partial charge in [-0.3, -0.25) is 0 Å². The largest absolute Gasteiger partial charge is 0.497 e. The van der Waals surface area contributed by atoms with Crippen LogP contribution in [0.25, 0.3) is 10.2 Å². The molecule has 1 aromatic carbocycles. The molecule has 2 aromatic heterocycles. The van der Waals surface area contributed by atoms with E-state index in [4.69, 9.17) is 9.47 Å². The Labute approximate surface area is 151 Å². The quantitative estimate of drug-likeness (QED) is 0.742. The van der Waals surface area contributed by atoms with Gasteiger partial charge in [-0.15, -0.1) is 11.3 Å². The zero-order valence-electron chi connectivity index (χ0n) is 14.6. The molecule has 4 rings (SSSR count). The van der Waals surface area contributed by atoms with E-state index in [0.29, 0.717) is 0 Å². The number of rotatable bonds is 4. The first kappa shape index (κ1) is 16.1. The fourth-order valence-electron chi connectivity index (χ4n) is 3.40. The first-order valence-corrected chi connectivity index (χ1v) is 9.25. The minimum atomic E-state index is 0.726. The first-order chi connectivity index (χ1) is 12.2. The summed E-state index contributed by atoms with van der Waals surface area (Å²) in [7, 11) is 3.30. The smallest absolute Gasteiger partial charge is 0.146 e. The van der Waals surface area contributed by atoms with Crippen molar-refractivity contribution in [1.82, 2.24) is 9.97 Å². The number of methoxy groups -OCH3 is 2. The Kier molecular flexibility index (Phi) is 4.21. The summed E-state index contributed by atoms with van der Waals surface area (Å²) in [6, 6.07) is 5.73. The Morgan fingerprint density at radius 3 is 2.88 bits per heavy atom. The van der Waals surface area contributed by atoms with Crippen LogP contribution in [0.5, 0.6) is 11.5 Å². The molecular weight excluding hydrogens is 334 g/mol. The molecule has 3 aromatic rings. The van der Waals surface area contributed by atoms with E-state index in [0.717, 1.165) is 52.0 Å². The highest BCUT2D eigenvalue weighted by atomic mass is 32.1. The number of fused-ring (bicyclic) bond motifs is 3. The van der Waals surface area contributed by atoms with Gasteiger partial charge in [-0.25, -0.2) is 9.97 Å². The molecule has 0 bridgehead atoms. The van der Waals surface area contributed by atoms with Crippen LogP contribution in [0.2, 0.25) is 0 Å². The van der Waals surface area contributed by atoms with E-state index in [1.165, 1.54) is 16.9 Å². The average molecular weight is 355 g/mol. The van der Waals surface area contributed by atoms with Crippen molar-refractivity contribution in [1.29, 1.82) is 0 Å². The average Bonchev–Trinajstić information content (AvgIpc) is 3.00. The Balaban J connectivity index is 1.78. The third-order valence-corrected chi connectivity index (χ3v) is 5.92. The molecule has 130 valence electrons. The van der Waals surface area contributed by atoms with Gasteiger partial charge in [-0.05, 0) is 42.9 Å². The van der Waals surface area contributed by atoms with Crippen LogP contribution in [0.1, 0.15) is 23.8 Å². The number of hydrogen-bond donors (Lipinski definition) is 1. The fraction of sp³-hybridized carbons (Fsp3) is 0.368. The molecule has 1 aliphatic rings. The highest BCUT2D eigenvalue weighted by Gasteiger charge is 2.23. The van der Waals surface area contributed by atoms with Crippen molar-refractivity contribution in [2.45, 2.75) is 26.2 Å². The molecule has 2 heterocycles. The normalized spacial score (nSPS) is 16.5. The summed E-state index contributed by atoms with van der Waals surface area (Å²) in [4.78, 5) is 11.5. The molecule has 0 saturated carbocycles. The molecule has 0 amide bonds. The van der Waals surface area contributed by atoms with E-state index in [1.54, 1.807) is 31.9 Å². The molecule has 25 heavy (non-hydrogen) atoms. The van der Waals surface area contributed by atoms with Crippen molar-refractivity contribution < 1.29 is 9.47 Å². The van der Waals surface area contributed by atoms with Crippen molar-refractivity contribution in [3.63, 3.8) is 0 Å². The van der Waals surface area contributed by atoms with E-state index >= 15 is 0 Å². The van der Waals surface area contributed by atoms with E-state index in [2.05, 4.69) is 22.2 Å². The van der Waals surface area contributed by atoms with Crippen molar-refractivity contribution in [3.05, 3.63) is 35.0 Å². The van der Waals surface area contributed by atoms with Crippen LogP contribution in [-0.2, 0) is 12.8 Å². The number of aromatic nitrogens is 2. The molecule has 1 N–H and O–H groups in total. The standard InChI is InChI=1S/C19H21N3O2S/c1-11-4-6-13-16(8-11)25-19-17(13)18(20-10-21-19)22-14-7-5-12(23-2)9-15(14)24-3/h5,7,9-11H,4,6,8H2,1-3H3,(H,20,21,22). The van der Waals surface area contributed by atoms with Gasteiger partial charge in [0.25, 0.3) is 0 Å². The maximum Gasteiger partial charge on any atom is 0.146 e. The van der Waals surface area contributed by atoms with E-state index in [9.17, 15) is 0 Å². The number of aryl methyl sites for hydroxylation is 1. The molecule has 0 fully saturated rings. The monoisotopic (exact) mass is 355 g/mol. The van der Waals surface area contributed by atoms with Gasteiger partial charge in [0.1, 0.15) is 28.5 Å². The van der Waals surface area contributed by atoms with E-state index in [-0.39, 0.29) is 0 Å². The van der Waals surface area contributed by atoms with Crippen LogP contribution in [0, 0.1) is 5.92 Å². The molecule has 0 aliphatic heterocycles. The molecule has 6 heteroatoms. The lowest BCUT2D eigenvalue weighted by Gasteiger charge is -2.18. The lowest BCUT2D eigenvalue weighted by molar-refractivity contribution is 0.395. The number of hydrogen-bond acceptors (Lipinski definition) is 6. The first-order valence-electron chi connectivity index (χ1n) is 8.44. The van der Waals surface area contributed by atoms with Crippen molar-refractivity contribution >= 4 is 33.1 Å². The number of nitrogens with one attached hydrogen (secondary N) is 1. The van der Waals surface area contributed by atoms with Gasteiger partial charge in [0.15, 0.2) is 0 Å². The Morgan fingerprint density at radius 2 is 2.08 bits per heavy atom. The number of ether oxygens (including phenoxy) is 2. The third kappa shape index (κ3) is 2.91. The molecule has 1 aliphatic carbocycles. The van der Waals surface area contributed by atoms with Gasteiger partial charge < -0.3 is 14.8 Å². The number of benzene rings is 1. The summed E-state index contributed by atoms with van der Waals surface area (Å²) in [5.74, 6) is 3.08. The van der Waals surface area contributed by atoms with Crippen molar-refractivity contribution in [2.24, 2.45) is 5.92 Å². The maximum atomic E-state index is 5.50. The number of nitrogens with zero attached hydrogens (tertiary/aromatic N) is 2. The minimum Gasteiger partial charge on any atom is -0.497 e. The SMILES string of the molecule is COc1ccc(Nc2ncnc3sc4c(c23)CCC(C)C4)c(OC)c1. The summed E-state index contributed by atoms with van der Waals surface area (Å²) in [5, 5.41) is 4.60. The third-order valence-electron chi connectivity index (χ3n) is 4.75. The predicted octanol–water partition coefficient (Wildman–Crippen LogP) is 4.58. The number of thiophene rings is 1. The summed E-state index contributed by atoms with van der Waals surface area (Å²) < 4.78 is 10.8. The second-order valence-corrected chi connectivity index (χ2v) is 7.53. The van der Waals surface area contributed by atoms with E-state index < -0.39 is 0 Å². The number of anilines is 2. The van der Waals surface area contributed by atoms with Gasteiger partial charge in [0, 0.05) is 10.9 Å². The molecular formula is C19H21N3O2S. The fourth-order valence-corrected chi connectivity index (χ4v) is 4.75. The highest BCUT2D eigenvalue weighted by molar-refractivity contribution is 7.19. The highest BCUT2D eigenvalue weighted by Crippen LogP contribution is 2.41. The molecule has 0 spiro atoms. The molecule has 0 radical (unpaired) electrons. The molecule has 5 nitrogen and oxygen atoms in total. The molecule has 1 atom stereocenters. The van der Waals surface area contributed by atoms with Crippen LogP contribution < -0.4 is 14.8 Å².